The predicted octanol–water partition coefficient (Wildman–Crippen LogP) is 2.57. The number of hydrogen-bond acceptors (Lipinski definition) is 4. The minimum atomic E-state index is 0.423. The van der Waals surface area contributed by atoms with E-state index in [1.807, 2.05) is 0 Å². The van der Waals surface area contributed by atoms with Crippen molar-refractivity contribution in [2.75, 3.05) is 33.3 Å². The second-order valence-corrected chi connectivity index (χ2v) is 7.62. The van der Waals surface area contributed by atoms with Crippen molar-refractivity contribution in [2.45, 2.75) is 45.9 Å². The Morgan fingerprint density at radius 1 is 1.39 bits per heavy atom. The molecule has 1 aromatic rings. The van der Waals surface area contributed by atoms with Gasteiger partial charge in [-0.05, 0) is 58.8 Å². The van der Waals surface area contributed by atoms with E-state index < -0.39 is 0 Å². The van der Waals surface area contributed by atoms with E-state index in [0.717, 1.165) is 37.9 Å². The quantitative estimate of drug-likeness (QED) is 0.834. The molecule has 128 valence electrons. The van der Waals surface area contributed by atoms with Crippen LogP contribution >= 0.6 is 0 Å². The van der Waals surface area contributed by atoms with E-state index in [0.29, 0.717) is 18.1 Å². The highest BCUT2D eigenvalue weighted by Gasteiger charge is 2.41. The number of rotatable bonds is 5. The van der Waals surface area contributed by atoms with Gasteiger partial charge in [0.05, 0.1) is 18.4 Å². The van der Waals surface area contributed by atoms with E-state index in [4.69, 9.17) is 4.74 Å². The number of nitrogens with zero attached hydrogens (tertiary/aromatic N) is 3. The first-order valence-electron chi connectivity index (χ1n) is 8.99. The maximum Gasteiger partial charge on any atom is 0.0734 e. The Morgan fingerprint density at radius 2 is 2.22 bits per heavy atom. The van der Waals surface area contributed by atoms with E-state index >= 15 is 0 Å². The summed E-state index contributed by atoms with van der Waals surface area (Å²) in [5.41, 5.74) is 2.30. The van der Waals surface area contributed by atoms with E-state index in [-0.39, 0.29) is 0 Å². The molecular weight excluding hydrogens is 286 g/mol. The summed E-state index contributed by atoms with van der Waals surface area (Å²) in [7, 11) is 2.21. The lowest BCUT2D eigenvalue weighted by Gasteiger charge is -2.36. The third-order valence-corrected chi connectivity index (χ3v) is 5.56. The lowest BCUT2D eigenvalue weighted by molar-refractivity contribution is 0.0491. The lowest BCUT2D eigenvalue weighted by atomic mass is 9.84. The Hall–Kier alpha value is -0.970. The molecular formula is C19H31N3O. The van der Waals surface area contributed by atoms with Gasteiger partial charge in [0, 0.05) is 37.3 Å². The summed E-state index contributed by atoms with van der Waals surface area (Å²) in [5, 5.41) is 0. The average Bonchev–Trinajstić information content (AvgIpc) is 2.89. The van der Waals surface area contributed by atoms with Gasteiger partial charge in [-0.3, -0.25) is 9.88 Å². The van der Waals surface area contributed by atoms with Gasteiger partial charge in [0.1, 0.15) is 0 Å². The second kappa shape index (κ2) is 7.29. The second-order valence-electron chi connectivity index (χ2n) is 7.62. The number of likely N-dealkylation sites (tertiary alicyclic amines) is 1. The van der Waals surface area contributed by atoms with Crippen LogP contribution in [-0.4, -0.2) is 60.2 Å². The van der Waals surface area contributed by atoms with Crippen molar-refractivity contribution < 1.29 is 4.74 Å². The molecule has 3 rings (SSSR count). The zero-order valence-electron chi connectivity index (χ0n) is 15.0. The highest BCUT2D eigenvalue weighted by Crippen LogP contribution is 2.35. The fraction of sp³-hybridized carbons (Fsp3) is 0.737. The molecule has 23 heavy (non-hydrogen) atoms. The van der Waals surface area contributed by atoms with Crippen LogP contribution in [0.3, 0.4) is 0 Å². The van der Waals surface area contributed by atoms with Crippen LogP contribution in [0.5, 0.6) is 0 Å². The van der Waals surface area contributed by atoms with Crippen LogP contribution in [0.4, 0.5) is 0 Å². The van der Waals surface area contributed by atoms with E-state index in [2.05, 4.69) is 60.8 Å². The molecule has 0 bridgehead atoms. The van der Waals surface area contributed by atoms with Gasteiger partial charge in [-0.15, -0.1) is 0 Å². The van der Waals surface area contributed by atoms with Crippen LogP contribution in [0.25, 0.3) is 0 Å². The smallest absolute Gasteiger partial charge is 0.0734 e. The van der Waals surface area contributed by atoms with Crippen LogP contribution in [0.2, 0.25) is 0 Å². The summed E-state index contributed by atoms with van der Waals surface area (Å²) in [6, 6.07) is 6.91. The van der Waals surface area contributed by atoms with E-state index in [1.165, 1.54) is 18.7 Å². The molecule has 0 aliphatic carbocycles. The van der Waals surface area contributed by atoms with Crippen molar-refractivity contribution >= 4 is 0 Å². The molecule has 4 heteroatoms. The predicted molar refractivity (Wildman–Crippen MR) is 93.4 cm³/mol. The van der Waals surface area contributed by atoms with Crippen LogP contribution < -0.4 is 0 Å². The molecule has 0 N–H and O–H groups in total. The van der Waals surface area contributed by atoms with Crippen LogP contribution in [0, 0.1) is 18.8 Å². The Kier molecular flexibility index (Phi) is 5.34. The third-order valence-electron chi connectivity index (χ3n) is 5.56. The zero-order valence-corrected chi connectivity index (χ0v) is 15.0. The van der Waals surface area contributed by atoms with Crippen LogP contribution in [-0.2, 0) is 11.3 Å². The van der Waals surface area contributed by atoms with Crippen molar-refractivity contribution in [1.29, 1.82) is 0 Å². The van der Waals surface area contributed by atoms with Crippen molar-refractivity contribution in [3.8, 4) is 0 Å². The SMILES string of the molecule is Cc1cccc(CN2CC[C@@H]3[C@@H](CO[C@H]3CN(C)C(C)C)C2)n1. The molecule has 4 nitrogen and oxygen atoms in total. The van der Waals surface area contributed by atoms with Gasteiger partial charge < -0.3 is 9.64 Å². The summed E-state index contributed by atoms with van der Waals surface area (Å²) in [5.74, 6) is 1.43. The Labute approximate surface area is 140 Å². The lowest BCUT2D eigenvalue weighted by Crippen LogP contribution is -2.44. The summed E-state index contributed by atoms with van der Waals surface area (Å²) in [6.07, 6.45) is 1.68. The summed E-state index contributed by atoms with van der Waals surface area (Å²) in [6.45, 7) is 11.9. The number of hydrogen-bond donors (Lipinski definition) is 0. The minimum absolute atomic E-state index is 0.423. The number of pyridine rings is 1. The Morgan fingerprint density at radius 3 is 2.96 bits per heavy atom. The maximum atomic E-state index is 6.15. The molecule has 0 aromatic carbocycles. The van der Waals surface area contributed by atoms with Gasteiger partial charge in [-0.1, -0.05) is 6.07 Å². The summed E-state index contributed by atoms with van der Waals surface area (Å²) in [4.78, 5) is 9.62. The monoisotopic (exact) mass is 317 g/mol. The number of aryl methyl sites for hydroxylation is 1. The number of ether oxygens (including phenoxy) is 1. The Balaban J connectivity index is 1.54. The van der Waals surface area contributed by atoms with Crippen molar-refractivity contribution in [2.24, 2.45) is 11.8 Å². The van der Waals surface area contributed by atoms with Crippen molar-refractivity contribution in [3.05, 3.63) is 29.6 Å². The van der Waals surface area contributed by atoms with Gasteiger partial charge in [0.15, 0.2) is 0 Å². The molecule has 2 aliphatic heterocycles. The topological polar surface area (TPSA) is 28.6 Å². The first kappa shape index (κ1) is 16.9. The molecule has 0 spiro atoms. The molecule has 2 fully saturated rings. The zero-order chi connectivity index (χ0) is 16.4. The minimum Gasteiger partial charge on any atom is -0.376 e. The first-order chi connectivity index (χ1) is 11.0. The van der Waals surface area contributed by atoms with Gasteiger partial charge in [-0.25, -0.2) is 0 Å². The highest BCUT2D eigenvalue weighted by molar-refractivity contribution is 5.10. The highest BCUT2D eigenvalue weighted by atomic mass is 16.5. The standard InChI is InChI=1S/C19H31N3O/c1-14(2)21(4)12-19-18-8-9-22(10-16(18)13-23-19)11-17-7-5-6-15(3)20-17/h5-7,14,16,18-19H,8-13H2,1-4H3/t16-,18-,19+/m1/s1. The number of likely N-dealkylation sites (N-methyl/N-ethyl adjacent to an activating group) is 1. The number of fused-ring (bicyclic) bond motifs is 1. The summed E-state index contributed by atoms with van der Waals surface area (Å²) < 4.78 is 6.15. The molecule has 1 aromatic heterocycles. The molecule has 3 atom stereocenters. The molecule has 0 radical (unpaired) electrons. The number of piperidine rings is 1. The van der Waals surface area contributed by atoms with Crippen LogP contribution in [0.15, 0.2) is 18.2 Å². The number of aromatic nitrogens is 1. The largest absolute Gasteiger partial charge is 0.376 e. The van der Waals surface area contributed by atoms with E-state index in [9.17, 15) is 0 Å². The first-order valence-corrected chi connectivity index (χ1v) is 8.99. The summed E-state index contributed by atoms with van der Waals surface area (Å²) >= 11 is 0. The molecule has 0 saturated carbocycles. The van der Waals surface area contributed by atoms with E-state index in [1.54, 1.807) is 0 Å². The fourth-order valence-corrected chi connectivity index (χ4v) is 3.91. The normalized spacial score (nSPS) is 28.5. The molecule has 0 amide bonds. The fourth-order valence-electron chi connectivity index (χ4n) is 3.91. The molecule has 0 unspecified atom stereocenters. The van der Waals surface area contributed by atoms with Gasteiger partial charge in [0.2, 0.25) is 0 Å². The molecule has 3 heterocycles. The maximum absolute atomic E-state index is 6.15. The average molecular weight is 317 g/mol. The van der Waals surface area contributed by atoms with Gasteiger partial charge in [-0.2, -0.15) is 0 Å². The van der Waals surface area contributed by atoms with Gasteiger partial charge in [0.25, 0.3) is 0 Å². The third kappa shape index (κ3) is 4.11. The van der Waals surface area contributed by atoms with Crippen molar-refractivity contribution in [3.63, 3.8) is 0 Å². The molecule has 2 saturated heterocycles. The Bertz CT molecular complexity index is 519. The van der Waals surface area contributed by atoms with Gasteiger partial charge >= 0.3 is 0 Å². The van der Waals surface area contributed by atoms with Crippen molar-refractivity contribution in [1.82, 2.24) is 14.8 Å². The molecule has 2 aliphatic rings. The van der Waals surface area contributed by atoms with Crippen LogP contribution in [0.1, 0.15) is 31.7 Å².